The van der Waals surface area contributed by atoms with Crippen LogP contribution < -0.4 is 5.32 Å². The molecule has 2 saturated heterocycles. The van der Waals surface area contributed by atoms with E-state index in [1.54, 1.807) is 10.9 Å². The van der Waals surface area contributed by atoms with Gasteiger partial charge in [0.05, 0.1) is 19.0 Å². The van der Waals surface area contributed by atoms with Crippen molar-refractivity contribution in [2.75, 3.05) is 31.6 Å². The lowest BCUT2D eigenvalue weighted by molar-refractivity contribution is -0.107. The van der Waals surface area contributed by atoms with E-state index in [4.69, 9.17) is 16.3 Å². The summed E-state index contributed by atoms with van der Waals surface area (Å²) in [5.41, 5.74) is 1.06. The van der Waals surface area contributed by atoms with E-state index in [-0.39, 0.29) is 17.9 Å². The van der Waals surface area contributed by atoms with Gasteiger partial charge in [0.2, 0.25) is 5.28 Å². The van der Waals surface area contributed by atoms with E-state index < -0.39 is 18.4 Å². The first-order valence-electron chi connectivity index (χ1n) is 11.4. The predicted octanol–water partition coefficient (Wildman–Crippen LogP) is 1.76. The van der Waals surface area contributed by atoms with Gasteiger partial charge in [-0.3, -0.25) is 4.57 Å². The third-order valence-electron chi connectivity index (χ3n) is 6.20. The number of aldehydes is 1. The van der Waals surface area contributed by atoms with Crippen LogP contribution in [-0.4, -0.2) is 85.4 Å². The lowest BCUT2D eigenvalue weighted by Gasteiger charge is -2.18. The predicted molar refractivity (Wildman–Crippen MR) is 120 cm³/mol. The zero-order chi connectivity index (χ0) is 22.5. The topological polar surface area (TPSA) is 126 Å². The first-order valence-corrected chi connectivity index (χ1v) is 11.7. The summed E-state index contributed by atoms with van der Waals surface area (Å²) in [4.78, 5) is 26.0. The maximum Gasteiger partial charge on any atom is 0.226 e. The fourth-order valence-electron chi connectivity index (χ4n) is 4.54. The van der Waals surface area contributed by atoms with Crippen molar-refractivity contribution in [1.82, 2.24) is 24.4 Å². The number of hydrogen-bond acceptors (Lipinski definition) is 9. The molecule has 0 spiro atoms. The van der Waals surface area contributed by atoms with Crippen molar-refractivity contribution in [2.45, 2.75) is 69.4 Å². The quantitative estimate of drug-likeness (QED) is 0.258. The zero-order valence-corrected chi connectivity index (χ0v) is 18.8. The van der Waals surface area contributed by atoms with Gasteiger partial charge < -0.3 is 30.0 Å². The summed E-state index contributed by atoms with van der Waals surface area (Å²) in [7, 11) is 0. The highest BCUT2D eigenvalue weighted by Crippen LogP contribution is 2.32. The first kappa shape index (κ1) is 23.3. The summed E-state index contributed by atoms with van der Waals surface area (Å²) in [5.74, 6) is 0.575. The Morgan fingerprint density at radius 3 is 2.91 bits per heavy atom. The molecule has 3 N–H and O–H groups in total. The summed E-state index contributed by atoms with van der Waals surface area (Å²) in [6.45, 7) is 2.84. The maximum absolute atomic E-state index is 10.4. The number of fused-ring (bicyclic) bond motifs is 1. The largest absolute Gasteiger partial charge is 0.394 e. The van der Waals surface area contributed by atoms with E-state index in [0.717, 1.165) is 58.0 Å². The number of unbranched alkanes of at least 4 members (excludes halogenated alkanes) is 4. The number of nitrogens with one attached hydrogen (secondary N) is 1. The summed E-state index contributed by atoms with van der Waals surface area (Å²) < 4.78 is 7.40. The molecule has 32 heavy (non-hydrogen) atoms. The van der Waals surface area contributed by atoms with Crippen LogP contribution in [0.2, 0.25) is 5.28 Å². The molecule has 10 nitrogen and oxygen atoms in total. The lowest BCUT2D eigenvalue weighted by atomic mass is 10.1. The van der Waals surface area contributed by atoms with Gasteiger partial charge in [0.25, 0.3) is 0 Å². The Bertz CT molecular complexity index is 912. The molecule has 176 valence electrons. The van der Waals surface area contributed by atoms with Crippen molar-refractivity contribution in [3.63, 3.8) is 0 Å². The third kappa shape index (κ3) is 5.37. The average molecular weight is 467 g/mol. The molecule has 4 atom stereocenters. The molecule has 2 aliphatic heterocycles. The van der Waals surface area contributed by atoms with Gasteiger partial charge >= 0.3 is 0 Å². The van der Waals surface area contributed by atoms with Crippen LogP contribution >= 0.6 is 11.6 Å². The van der Waals surface area contributed by atoms with Crippen molar-refractivity contribution in [1.29, 1.82) is 0 Å². The molecule has 0 aliphatic carbocycles. The Labute approximate surface area is 191 Å². The Hall–Kier alpha value is -1.85. The van der Waals surface area contributed by atoms with Crippen molar-refractivity contribution >= 4 is 34.9 Å². The minimum absolute atomic E-state index is 0.0955. The number of aliphatic hydroxyl groups excluding tert-OH is 2. The molecule has 0 saturated carbocycles. The number of likely N-dealkylation sites (tertiary alicyclic amines) is 1. The Balaban J connectivity index is 1.38. The highest BCUT2D eigenvalue weighted by molar-refractivity contribution is 6.28. The van der Waals surface area contributed by atoms with E-state index >= 15 is 0 Å². The zero-order valence-electron chi connectivity index (χ0n) is 18.1. The lowest BCUT2D eigenvalue weighted by Crippen LogP contribution is -2.27. The maximum atomic E-state index is 10.4. The number of aromatic nitrogens is 4. The fourth-order valence-corrected chi connectivity index (χ4v) is 4.70. The SMILES string of the molecule is O=CCCCCCCN1CC[C@@H](Nc2nc(Cl)nc3c2ncn3[C@@H]2O[C@H](CO)C[C@H]2O)C1. The number of anilines is 1. The second kappa shape index (κ2) is 10.8. The van der Waals surface area contributed by atoms with E-state index in [0.29, 0.717) is 29.8 Å². The Morgan fingerprint density at radius 1 is 1.28 bits per heavy atom. The smallest absolute Gasteiger partial charge is 0.226 e. The number of aliphatic hydroxyl groups is 2. The number of rotatable bonds is 11. The van der Waals surface area contributed by atoms with Gasteiger partial charge in [-0.15, -0.1) is 0 Å². The molecule has 11 heteroatoms. The van der Waals surface area contributed by atoms with E-state index in [1.807, 2.05) is 0 Å². The van der Waals surface area contributed by atoms with Crippen LogP contribution in [0.4, 0.5) is 5.82 Å². The van der Waals surface area contributed by atoms with E-state index in [2.05, 4.69) is 25.2 Å². The molecule has 2 fully saturated rings. The molecular weight excluding hydrogens is 436 g/mol. The van der Waals surface area contributed by atoms with Crippen molar-refractivity contribution in [3.05, 3.63) is 11.6 Å². The Kier molecular flexibility index (Phi) is 7.90. The number of hydrogen-bond donors (Lipinski definition) is 3. The average Bonchev–Trinajstić information content (AvgIpc) is 3.49. The molecule has 2 aliphatic rings. The van der Waals surface area contributed by atoms with Crippen LogP contribution in [0.3, 0.4) is 0 Å². The van der Waals surface area contributed by atoms with E-state index in [1.165, 1.54) is 0 Å². The van der Waals surface area contributed by atoms with Gasteiger partial charge in [-0.25, -0.2) is 4.98 Å². The number of carbonyl (C=O) groups excluding carboxylic acids is 1. The number of ether oxygens (including phenoxy) is 1. The molecule has 2 aromatic rings. The van der Waals surface area contributed by atoms with Gasteiger partial charge in [0, 0.05) is 32.0 Å². The second-order valence-corrected chi connectivity index (χ2v) is 8.94. The molecule has 0 amide bonds. The van der Waals surface area contributed by atoms with Crippen LogP contribution in [0.5, 0.6) is 0 Å². The molecule has 4 heterocycles. The molecule has 0 bridgehead atoms. The molecule has 0 unspecified atom stereocenters. The van der Waals surface area contributed by atoms with Crippen molar-refractivity contribution in [3.8, 4) is 0 Å². The van der Waals surface area contributed by atoms with Gasteiger partial charge in [-0.2, -0.15) is 9.97 Å². The van der Waals surface area contributed by atoms with Crippen LogP contribution in [0.1, 0.15) is 51.2 Å². The summed E-state index contributed by atoms with van der Waals surface area (Å²) in [6, 6.07) is 0.233. The van der Waals surface area contributed by atoms with Crippen LogP contribution in [0, 0.1) is 0 Å². The normalized spacial score (nSPS) is 26.2. The van der Waals surface area contributed by atoms with Gasteiger partial charge in [0.1, 0.15) is 12.4 Å². The van der Waals surface area contributed by atoms with Crippen molar-refractivity contribution < 1.29 is 19.7 Å². The minimum Gasteiger partial charge on any atom is -0.394 e. The second-order valence-electron chi connectivity index (χ2n) is 8.60. The number of halogens is 1. The fraction of sp³-hybridized carbons (Fsp3) is 0.714. The molecule has 0 radical (unpaired) electrons. The standard InChI is InChI=1S/C21H31ClN6O4/c22-21-25-18(24-14-6-8-27(11-14)7-4-2-1-3-5-9-29)17-19(26-21)28(13-23-17)20-16(31)10-15(12-30)32-20/h9,13-16,20,30-31H,1-8,10-12H2,(H,24,25,26)/t14-,15+,16-,20-/m1/s1. The molecule has 4 rings (SSSR count). The molecule has 2 aromatic heterocycles. The number of imidazole rings is 1. The number of carbonyl (C=O) groups is 1. The van der Waals surface area contributed by atoms with Gasteiger partial charge in [0.15, 0.2) is 23.2 Å². The minimum atomic E-state index is -0.767. The van der Waals surface area contributed by atoms with Gasteiger partial charge in [-0.05, 0) is 37.4 Å². The van der Waals surface area contributed by atoms with Gasteiger partial charge in [-0.1, -0.05) is 12.8 Å². The monoisotopic (exact) mass is 466 g/mol. The summed E-state index contributed by atoms with van der Waals surface area (Å²) in [5, 5.41) is 23.3. The highest BCUT2D eigenvalue weighted by Gasteiger charge is 2.36. The van der Waals surface area contributed by atoms with Crippen LogP contribution in [0.25, 0.3) is 11.2 Å². The van der Waals surface area contributed by atoms with Crippen LogP contribution in [-0.2, 0) is 9.53 Å². The highest BCUT2D eigenvalue weighted by atomic mass is 35.5. The third-order valence-corrected chi connectivity index (χ3v) is 6.37. The molecule has 0 aromatic carbocycles. The van der Waals surface area contributed by atoms with E-state index in [9.17, 15) is 15.0 Å². The molecular formula is C21H31ClN6O4. The first-order chi connectivity index (χ1) is 15.6. The Morgan fingerprint density at radius 2 is 2.12 bits per heavy atom. The van der Waals surface area contributed by atoms with Crippen LogP contribution in [0.15, 0.2) is 6.33 Å². The number of nitrogens with zero attached hydrogens (tertiary/aromatic N) is 5. The summed E-state index contributed by atoms with van der Waals surface area (Å²) in [6.07, 6.45) is 7.07. The summed E-state index contributed by atoms with van der Waals surface area (Å²) >= 11 is 6.21. The van der Waals surface area contributed by atoms with Crippen molar-refractivity contribution in [2.24, 2.45) is 0 Å².